The number of nitrogens with zero attached hydrogens (tertiary/aromatic N) is 1. The summed E-state index contributed by atoms with van der Waals surface area (Å²) >= 11 is 0. The molecule has 0 aliphatic carbocycles. The smallest absolute Gasteiger partial charge is 0.247 e. The van der Waals surface area contributed by atoms with Gasteiger partial charge in [-0.15, -0.1) is 0 Å². The van der Waals surface area contributed by atoms with Gasteiger partial charge in [-0.3, -0.25) is 15.2 Å². The van der Waals surface area contributed by atoms with Crippen molar-refractivity contribution in [3.63, 3.8) is 0 Å². The van der Waals surface area contributed by atoms with Crippen LogP contribution < -0.4 is 15.3 Å². The Morgan fingerprint density at radius 1 is 1.22 bits per heavy atom. The monoisotopic (exact) mass is 245 g/mol. The molecule has 2 heterocycles. The average molecular weight is 245 g/mol. The van der Waals surface area contributed by atoms with Gasteiger partial charge in [0.2, 0.25) is 5.91 Å². The van der Waals surface area contributed by atoms with E-state index in [0.29, 0.717) is 0 Å². The van der Waals surface area contributed by atoms with Crippen molar-refractivity contribution in [2.75, 3.05) is 24.6 Å². The minimum atomic E-state index is -0.197. The normalized spacial score (nSPS) is 31.7. The lowest BCUT2D eigenvalue weighted by Gasteiger charge is -2.36. The Morgan fingerprint density at radius 2 is 1.89 bits per heavy atom. The number of piperidine rings is 1. The predicted molar refractivity (Wildman–Crippen MR) is 69.7 cm³/mol. The van der Waals surface area contributed by atoms with E-state index in [-0.39, 0.29) is 11.3 Å². The summed E-state index contributed by atoms with van der Waals surface area (Å²) in [7, 11) is 4.03. The third-order valence-corrected chi connectivity index (χ3v) is 4.16. The van der Waals surface area contributed by atoms with Gasteiger partial charge in [0.25, 0.3) is 0 Å². The maximum absolute atomic E-state index is 12.3. The van der Waals surface area contributed by atoms with E-state index in [2.05, 4.69) is 12.5 Å². The van der Waals surface area contributed by atoms with E-state index in [4.69, 9.17) is 0 Å². The first kappa shape index (κ1) is 11.5. The third kappa shape index (κ3) is 1.86. The van der Waals surface area contributed by atoms with Crippen LogP contribution in [0.15, 0.2) is 30.3 Å². The van der Waals surface area contributed by atoms with E-state index < -0.39 is 0 Å². The summed E-state index contributed by atoms with van der Waals surface area (Å²) in [4.78, 5) is 13.5. The summed E-state index contributed by atoms with van der Waals surface area (Å²) in [6.45, 7) is 2.75. The minimum absolute atomic E-state index is 0.179. The van der Waals surface area contributed by atoms with Crippen molar-refractivity contribution in [3.8, 4) is 0 Å². The molecule has 96 valence electrons. The number of benzene rings is 1. The molecule has 0 aromatic heterocycles. The fraction of sp³-hybridized carbons (Fsp3) is 0.429. The van der Waals surface area contributed by atoms with Crippen molar-refractivity contribution in [1.29, 1.82) is 0 Å². The summed E-state index contributed by atoms with van der Waals surface area (Å²) in [5.74, 6) is 0.179. The molecule has 0 bridgehead atoms. The Labute approximate surface area is 108 Å². The topological polar surface area (TPSA) is 36.8 Å². The molecule has 2 N–H and O–H groups in total. The number of quaternary nitrogens is 1. The lowest BCUT2D eigenvalue weighted by Crippen LogP contribution is -3.08. The van der Waals surface area contributed by atoms with Gasteiger partial charge in [0.1, 0.15) is 0 Å². The first-order valence-electron chi connectivity index (χ1n) is 6.50. The molecule has 0 unspecified atom stereocenters. The number of carbonyl (C=O) groups excluding carboxylic acids is 1. The standard InChI is InChI=1S/C14H19N3O/c1-16-9-7-14(8-10-16)11-17(15-13(14)18)12-5-3-2-4-6-12/h2-6,16H,1,7-11H2,(H,15,18). The van der Waals surface area contributed by atoms with Gasteiger partial charge in [0.15, 0.2) is 0 Å². The molecule has 2 saturated heterocycles. The largest absolute Gasteiger partial charge is 0.468 e. The van der Waals surface area contributed by atoms with Crippen LogP contribution in [0.3, 0.4) is 0 Å². The van der Waals surface area contributed by atoms with Gasteiger partial charge in [-0.1, -0.05) is 18.2 Å². The summed E-state index contributed by atoms with van der Waals surface area (Å²) in [5.41, 5.74) is 3.88. The maximum Gasteiger partial charge on any atom is 0.247 e. The van der Waals surface area contributed by atoms with Crippen molar-refractivity contribution < 1.29 is 9.69 Å². The number of likely N-dealkylation sites (tertiary alicyclic amines) is 1. The molecule has 1 aromatic carbocycles. The van der Waals surface area contributed by atoms with Gasteiger partial charge in [0, 0.05) is 12.8 Å². The van der Waals surface area contributed by atoms with Gasteiger partial charge in [-0.25, -0.2) is 0 Å². The SMILES string of the molecule is [CH2-][NH+]1CCC2(CC1)CN(c1ccccc1)NC2=O. The molecular weight excluding hydrogens is 226 g/mol. The van der Waals surface area contributed by atoms with Gasteiger partial charge >= 0.3 is 0 Å². The highest BCUT2D eigenvalue weighted by atomic mass is 16.2. The Balaban J connectivity index is 1.78. The zero-order valence-corrected chi connectivity index (χ0v) is 10.5. The lowest BCUT2D eigenvalue weighted by atomic mass is 9.78. The molecule has 0 radical (unpaired) electrons. The van der Waals surface area contributed by atoms with E-state index in [9.17, 15) is 4.79 Å². The number of carbonyl (C=O) groups is 1. The Morgan fingerprint density at radius 3 is 2.56 bits per heavy atom. The number of rotatable bonds is 1. The van der Waals surface area contributed by atoms with Crippen LogP contribution in [0.2, 0.25) is 0 Å². The highest BCUT2D eigenvalue weighted by Gasteiger charge is 2.48. The number of hydrogen-bond acceptors (Lipinski definition) is 2. The molecule has 1 amide bonds. The zero-order chi connectivity index (χ0) is 12.6. The third-order valence-electron chi connectivity index (χ3n) is 4.16. The van der Waals surface area contributed by atoms with Crippen LogP contribution in [0, 0.1) is 12.5 Å². The molecule has 3 rings (SSSR count). The molecule has 18 heavy (non-hydrogen) atoms. The fourth-order valence-corrected chi connectivity index (χ4v) is 2.89. The van der Waals surface area contributed by atoms with E-state index in [1.807, 2.05) is 35.3 Å². The van der Waals surface area contributed by atoms with Crippen LogP contribution in [0.5, 0.6) is 0 Å². The Bertz CT molecular complexity index is 438. The van der Waals surface area contributed by atoms with Crippen molar-refractivity contribution in [1.82, 2.24) is 5.43 Å². The fourth-order valence-electron chi connectivity index (χ4n) is 2.89. The Hall–Kier alpha value is -1.55. The minimum Gasteiger partial charge on any atom is -0.468 e. The summed E-state index contributed by atoms with van der Waals surface area (Å²) < 4.78 is 0. The molecule has 2 fully saturated rings. The van der Waals surface area contributed by atoms with Crippen LogP contribution in [0.25, 0.3) is 0 Å². The Kier molecular flexibility index (Phi) is 2.74. The second-order valence-electron chi connectivity index (χ2n) is 5.39. The molecular formula is C14H19N3O. The predicted octanol–water partition coefficient (Wildman–Crippen LogP) is -0.00551. The molecule has 1 aromatic rings. The summed E-state index contributed by atoms with van der Waals surface area (Å²) in [5, 5.41) is 1.98. The molecule has 2 aliphatic rings. The second kappa shape index (κ2) is 4.28. The number of nitrogens with one attached hydrogen (secondary N) is 2. The van der Waals surface area contributed by atoms with Crippen LogP contribution in [0.1, 0.15) is 12.8 Å². The molecule has 4 heteroatoms. The zero-order valence-electron chi connectivity index (χ0n) is 10.5. The van der Waals surface area contributed by atoms with Crippen molar-refractivity contribution in [3.05, 3.63) is 37.4 Å². The van der Waals surface area contributed by atoms with E-state index in [1.165, 1.54) is 4.90 Å². The van der Waals surface area contributed by atoms with Gasteiger partial charge in [-0.2, -0.15) is 7.05 Å². The molecule has 0 saturated carbocycles. The maximum atomic E-state index is 12.3. The van der Waals surface area contributed by atoms with E-state index in [0.717, 1.165) is 38.2 Å². The highest BCUT2D eigenvalue weighted by Crippen LogP contribution is 2.34. The number of hydrazine groups is 1. The summed E-state index contributed by atoms with van der Waals surface area (Å²) in [6, 6.07) is 10.0. The van der Waals surface area contributed by atoms with E-state index >= 15 is 0 Å². The van der Waals surface area contributed by atoms with Crippen LogP contribution in [0.4, 0.5) is 5.69 Å². The van der Waals surface area contributed by atoms with Crippen LogP contribution in [-0.4, -0.2) is 25.5 Å². The first-order valence-corrected chi connectivity index (χ1v) is 6.50. The number of amides is 1. The second-order valence-corrected chi connectivity index (χ2v) is 5.39. The molecule has 0 atom stereocenters. The molecule has 1 spiro atoms. The number of hydrogen-bond donors (Lipinski definition) is 2. The number of para-hydroxylation sites is 1. The molecule has 4 nitrogen and oxygen atoms in total. The van der Waals surface area contributed by atoms with Crippen molar-refractivity contribution in [2.45, 2.75) is 12.8 Å². The van der Waals surface area contributed by atoms with Crippen LogP contribution in [-0.2, 0) is 4.79 Å². The van der Waals surface area contributed by atoms with Crippen molar-refractivity contribution >= 4 is 11.6 Å². The lowest BCUT2D eigenvalue weighted by molar-refractivity contribution is -0.861. The van der Waals surface area contributed by atoms with Gasteiger partial charge < -0.3 is 4.90 Å². The van der Waals surface area contributed by atoms with Crippen LogP contribution >= 0.6 is 0 Å². The summed E-state index contributed by atoms with van der Waals surface area (Å²) in [6.07, 6.45) is 1.86. The molecule has 2 aliphatic heterocycles. The van der Waals surface area contributed by atoms with E-state index in [1.54, 1.807) is 0 Å². The average Bonchev–Trinajstić information content (AvgIpc) is 2.72. The first-order chi connectivity index (χ1) is 8.70. The highest BCUT2D eigenvalue weighted by molar-refractivity contribution is 5.88. The quantitative estimate of drug-likeness (QED) is 0.683. The number of anilines is 1. The van der Waals surface area contributed by atoms with Gasteiger partial charge in [-0.05, 0) is 12.1 Å². The van der Waals surface area contributed by atoms with Crippen molar-refractivity contribution in [2.24, 2.45) is 5.41 Å². The van der Waals surface area contributed by atoms with Gasteiger partial charge in [0.05, 0.1) is 30.7 Å².